The third-order valence-electron chi connectivity index (χ3n) is 7.53. The number of thioether (sulfide) groups is 1. The first-order chi connectivity index (χ1) is 19.3. The number of carbonyl (C=O) groups excluding carboxylic acids is 2. The van der Waals surface area contributed by atoms with Crippen molar-refractivity contribution in [3.63, 3.8) is 0 Å². The Balaban J connectivity index is 1.61. The van der Waals surface area contributed by atoms with E-state index in [0.717, 1.165) is 21.6 Å². The topological polar surface area (TPSA) is 109 Å². The number of pyridine rings is 1. The molecule has 0 bridgehead atoms. The van der Waals surface area contributed by atoms with E-state index < -0.39 is 11.6 Å². The van der Waals surface area contributed by atoms with Crippen molar-refractivity contribution in [3.05, 3.63) is 93.8 Å². The maximum atomic E-state index is 13.4. The number of nitrogens with zero attached hydrogens (tertiary/aromatic N) is 1. The number of aromatic hydroxyl groups is 1. The molecule has 0 aliphatic carbocycles. The number of aromatic nitrogens is 1. The second-order valence-corrected chi connectivity index (χ2v) is 13.0. The highest BCUT2D eigenvalue weighted by molar-refractivity contribution is 8.04. The van der Waals surface area contributed by atoms with E-state index in [1.165, 1.54) is 11.8 Å². The number of benzene rings is 2. The van der Waals surface area contributed by atoms with Crippen LogP contribution in [0.3, 0.4) is 0 Å². The third-order valence-corrected chi connectivity index (χ3v) is 8.69. The van der Waals surface area contributed by atoms with E-state index in [-0.39, 0.29) is 40.1 Å². The molecular formula is C33H38N2O5S. The minimum Gasteiger partial charge on any atom is -0.511 e. The summed E-state index contributed by atoms with van der Waals surface area (Å²) in [4.78, 5) is 31.4. The van der Waals surface area contributed by atoms with Crippen LogP contribution in [-0.4, -0.2) is 32.7 Å². The van der Waals surface area contributed by atoms with Gasteiger partial charge >= 0.3 is 5.97 Å². The monoisotopic (exact) mass is 574 g/mol. The Morgan fingerprint density at radius 3 is 2.41 bits per heavy atom. The standard InChI is InChI=1S/C33H38N2O5S/c1-20(2)33(15-14-22-10-12-23(36)13-11-22)19-27(37)29(31(39)40-33)41-28-17-21(3)26(18-24(28)32(4,5)6)35-30(38)25-9-7-8-16-34-25/h7-13,16-18,20,36-37H,14-15,19H2,1-6H3,(H,35,38). The van der Waals surface area contributed by atoms with Gasteiger partial charge in [-0.3, -0.25) is 9.78 Å². The number of phenols is 1. The number of rotatable bonds is 8. The van der Waals surface area contributed by atoms with Crippen molar-refractivity contribution in [2.75, 3.05) is 5.32 Å². The molecule has 0 radical (unpaired) electrons. The van der Waals surface area contributed by atoms with Crippen molar-refractivity contribution in [1.82, 2.24) is 4.98 Å². The lowest BCUT2D eigenvalue weighted by atomic mass is 9.80. The fourth-order valence-corrected chi connectivity index (χ4v) is 6.14. The molecule has 2 heterocycles. The number of carbonyl (C=O) groups is 2. The average molecular weight is 575 g/mol. The van der Waals surface area contributed by atoms with Crippen molar-refractivity contribution < 1.29 is 24.5 Å². The van der Waals surface area contributed by atoms with Gasteiger partial charge in [-0.1, -0.05) is 64.6 Å². The van der Waals surface area contributed by atoms with Crippen LogP contribution in [0.25, 0.3) is 0 Å². The molecule has 0 saturated heterocycles. The number of hydrogen-bond donors (Lipinski definition) is 3. The maximum Gasteiger partial charge on any atom is 0.349 e. The number of aryl methyl sites for hydroxylation is 2. The Labute approximate surface area is 246 Å². The third kappa shape index (κ3) is 6.93. The molecule has 1 aromatic heterocycles. The number of ether oxygens (including phenoxy) is 1. The van der Waals surface area contributed by atoms with Crippen molar-refractivity contribution in [1.29, 1.82) is 0 Å². The van der Waals surface area contributed by atoms with Gasteiger partial charge in [-0.2, -0.15) is 0 Å². The van der Waals surface area contributed by atoms with Gasteiger partial charge in [-0.25, -0.2) is 4.79 Å². The Kier molecular flexibility index (Phi) is 8.83. The summed E-state index contributed by atoms with van der Waals surface area (Å²) in [5.41, 5.74) is 2.58. The zero-order chi connectivity index (χ0) is 29.9. The van der Waals surface area contributed by atoms with Crippen LogP contribution in [0.5, 0.6) is 5.75 Å². The highest BCUT2D eigenvalue weighted by Gasteiger charge is 2.44. The minimum atomic E-state index is -0.842. The fourth-order valence-electron chi connectivity index (χ4n) is 4.90. The highest BCUT2D eigenvalue weighted by Crippen LogP contribution is 2.46. The van der Waals surface area contributed by atoms with E-state index in [1.807, 2.05) is 45.0 Å². The smallest absolute Gasteiger partial charge is 0.349 e. The van der Waals surface area contributed by atoms with E-state index in [0.29, 0.717) is 24.2 Å². The minimum absolute atomic E-state index is 0.0216. The van der Waals surface area contributed by atoms with Gasteiger partial charge in [0.05, 0.1) is 0 Å². The first kappa shape index (κ1) is 30.2. The molecule has 3 N–H and O–H groups in total. The van der Waals surface area contributed by atoms with Crippen molar-refractivity contribution in [2.45, 2.75) is 76.7 Å². The molecule has 1 aliphatic rings. The van der Waals surface area contributed by atoms with Gasteiger partial charge in [0.2, 0.25) is 0 Å². The van der Waals surface area contributed by atoms with Crippen LogP contribution in [0.4, 0.5) is 5.69 Å². The number of nitrogens with one attached hydrogen (secondary N) is 1. The zero-order valence-corrected chi connectivity index (χ0v) is 25.3. The van der Waals surface area contributed by atoms with Crippen LogP contribution in [0.15, 0.2) is 76.4 Å². The lowest BCUT2D eigenvalue weighted by molar-refractivity contribution is -0.164. The number of hydrogen-bond acceptors (Lipinski definition) is 7. The number of anilines is 1. The van der Waals surface area contributed by atoms with Gasteiger partial charge in [0.1, 0.15) is 27.7 Å². The summed E-state index contributed by atoms with van der Waals surface area (Å²) in [6.45, 7) is 12.1. The van der Waals surface area contributed by atoms with Crippen LogP contribution in [0.1, 0.15) is 74.6 Å². The van der Waals surface area contributed by atoms with Gasteiger partial charge in [-0.15, -0.1) is 0 Å². The molecule has 1 aliphatic heterocycles. The molecule has 7 nitrogen and oxygen atoms in total. The number of cyclic esters (lactones) is 1. The van der Waals surface area contributed by atoms with E-state index in [4.69, 9.17) is 4.74 Å². The Hall–Kier alpha value is -3.78. The van der Waals surface area contributed by atoms with Crippen LogP contribution in [0, 0.1) is 12.8 Å². The predicted octanol–water partition coefficient (Wildman–Crippen LogP) is 7.48. The summed E-state index contributed by atoms with van der Waals surface area (Å²) >= 11 is 1.20. The molecule has 3 aromatic rings. The molecule has 1 atom stereocenters. The molecule has 216 valence electrons. The maximum absolute atomic E-state index is 13.4. The van der Waals surface area contributed by atoms with E-state index in [1.54, 1.807) is 36.5 Å². The fraction of sp³-hybridized carbons (Fsp3) is 0.364. The van der Waals surface area contributed by atoms with Crippen molar-refractivity contribution in [3.8, 4) is 5.75 Å². The molecule has 0 spiro atoms. The summed E-state index contributed by atoms with van der Waals surface area (Å²) in [6.07, 6.45) is 2.98. The van der Waals surface area contributed by atoms with Crippen LogP contribution >= 0.6 is 11.8 Å². The zero-order valence-electron chi connectivity index (χ0n) is 24.4. The largest absolute Gasteiger partial charge is 0.511 e. The first-order valence-electron chi connectivity index (χ1n) is 13.8. The van der Waals surface area contributed by atoms with E-state index in [2.05, 4.69) is 31.1 Å². The molecule has 0 fully saturated rings. The van der Waals surface area contributed by atoms with Gasteiger partial charge in [0.15, 0.2) is 0 Å². The number of esters is 1. The first-order valence-corrected chi connectivity index (χ1v) is 14.6. The number of amides is 1. The summed E-state index contributed by atoms with van der Waals surface area (Å²) in [5, 5.41) is 23.8. The Morgan fingerprint density at radius 2 is 1.83 bits per heavy atom. The molecule has 4 rings (SSSR count). The van der Waals surface area contributed by atoms with Gasteiger partial charge in [-0.05, 0) is 84.2 Å². The number of aliphatic hydroxyl groups is 1. The molecular weight excluding hydrogens is 536 g/mol. The lowest BCUT2D eigenvalue weighted by Crippen LogP contribution is -2.44. The molecule has 1 amide bonds. The molecule has 8 heteroatoms. The average Bonchev–Trinajstić information content (AvgIpc) is 2.91. The van der Waals surface area contributed by atoms with Gasteiger partial charge < -0.3 is 20.3 Å². The van der Waals surface area contributed by atoms with E-state index >= 15 is 0 Å². The summed E-state index contributed by atoms with van der Waals surface area (Å²) in [6, 6.07) is 16.0. The molecule has 41 heavy (non-hydrogen) atoms. The number of aliphatic hydroxyl groups excluding tert-OH is 1. The highest BCUT2D eigenvalue weighted by atomic mass is 32.2. The van der Waals surface area contributed by atoms with Crippen molar-refractivity contribution >= 4 is 29.3 Å². The second-order valence-electron chi connectivity index (χ2n) is 11.9. The summed E-state index contributed by atoms with van der Waals surface area (Å²) in [5.74, 6) is -0.639. The van der Waals surface area contributed by atoms with Crippen LogP contribution in [-0.2, 0) is 21.4 Å². The summed E-state index contributed by atoms with van der Waals surface area (Å²) < 4.78 is 6.13. The Bertz CT molecular complexity index is 1460. The van der Waals surface area contributed by atoms with Crippen LogP contribution < -0.4 is 5.32 Å². The van der Waals surface area contributed by atoms with Gasteiger partial charge in [0, 0.05) is 23.2 Å². The predicted molar refractivity (Wildman–Crippen MR) is 162 cm³/mol. The van der Waals surface area contributed by atoms with Crippen LogP contribution in [0.2, 0.25) is 0 Å². The molecule has 0 saturated carbocycles. The normalized spacial score (nSPS) is 17.5. The number of phenolic OH excluding ortho intramolecular Hbond substituents is 1. The molecule has 2 aromatic carbocycles. The van der Waals surface area contributed by atoms with Crippen molar-refractivity contribution in [2.24, 2.45) is 5.92 Å². The lowest BCUT2D eigenvalue weighted by Gasteiger charge is -2.40. The Morgan fingerprint density at radius 1 is 1.12 bits per heavy atom. The summed E-state index contributed by atoms with van der Waals surface area (Å²) in [7, 11) is 0. The van der Waals surface area contributed by atoms with Gasteiger partial charge in [0.25, 0.3) is 5.91 Å². The quantitative estimate of drug-likeness (QED) is 0.239. The molecule has 1 unspecified atom stereocenters. The van der Waals surface area contributed by atoms with E-state index in [9.17, 15) is 19.8 Å². The SMILES string of the molecule is Cc1cc(SC2=C(O)CC(CCc3ccc(O)cc3)(C(C)C)OC2=O)c(C(C)(C)C)cc1NC(=O)c1ccccn1. The second kappa shape index (κ2) is 12.0.